The Bertz CT molecular complexity index is 591. The summed E-state index contributed by atoms with van der Waals surface area (Å²) in [6.45, 7) is 3.76. The van der Waals surface area contributed by atoms with Crippen LogP contribution in [0.1, 0.15) is 36.9 Å². The van der Waals surface area contributed by atoms with E-state index in [0.717, 1.165) is 32.4 Å². The van der Waals surface area contributed by atoms with Gasteiger partial charge in [0.1, 0.15) is 0 Å². The minimum absolute atomic E-state index is 0. The molecule has 0 saturated carbocycles. The Morgan fingerprint density at radius 1 is 1.29 bits per heavy atom. The molecular weight excluding hydrogens is 308 g/mol. The molecule has 2 aliphatic heterocycles. The molecular formula is C15H23ClN2O2S. The van der Waals surface area contributed by atoms with E-state index in [1.54, 1.807) is 6.92 Å². The first-order chi connectivity index (χ1) is 9.59. The summed E-state index contributed by atoms with van der Waals surface area (Å²) in [7, 11) is -3.10. The summed E-state index contributed by atoms with van der Waals surface area (Å²) in [4.78, 5) is 2.50. The normalized spacial score (nSPS) is 25.6. The molecule has 1 fully saturated rings. The van der Waals surface area contributed by atoms with Crippen molar-refractivity contribution in [2.45, 2.75) is 38.3 Å². The second-order valence-electron chi connectivity index (χ2n) is 5.74. The van der Waals surface area contributed by atoms with Gasteiger partial charge < -0.3 is 0 Å². The quantitative estimate of drug-likeness (QED) is 0.923. The van der Waals surface area contributed by atoms with Crippen LogP contribution in [0.3, 0.4) is 0 Å². The van der Waals surface area contributed by atoms with Gasteiger partial charge in [-0.2, -0.15) is 0 Å². The first-order valence-corrected chi connectivity index (χ1v) is 9.06. The predicted molar refractivity (Wildman–Crippen MR) is 87.3 cm³/mol. The number of nitrogens with one attached hydrogen (secondary N) is 1. The zero-order chi connectivity index (χ0) is 14.2. The fourth-order valence-corrected chi connectivity index (χ4v) is 4.29. The molecule has 21 heavy (non-hydrogen) atoms. The Hall–Kier alpha value is -0.620. The van der Waals surface area contributed by atoms with Gasteiger partial charge in [-0.1, -0.05) is 24.3 Å². The van der Waals surface area contributed by atoms with E-state index in [4.69, 9.17) is 0 Å². The molecule has 2 heterocycles. The maximum Gasteiger partial charge on any atom is 0.211 e. The van der Waals surface area contributed by atoms with Gasteiger partial charge in [-0.3, -0.25) is 4.90 Å². The van der Waals surface area contributed by atoms with E-state index in [2.05, 4.69) is 33.9 Å². The van der Waals surface area contributed by atoms with Crippen LogP contribution in [0.5, 0.6) is 0 Å². The number of nitrogens with zero attached hydrogens (tertiary/aromatic N) is 1. The minimum Gasteiger partial charge on any atom is -0.296 e. The Balaban J connectivity index is 0.00000161. The lowest BCUT2D eigenvalue weighted by atomic mass is 9.85. The van der Waals surface area contributed by atoms with E-state index in [9.17, 15) is 8.42 Å². The fraction of sp³-hybridized carbons (Fsp3) is 0.600. The van der Waals surface area contributed by atoms with E-state index in [1.165, 1.54) is 11.1 Å². The summed E-state index contributed by atoms with van der Waals surface area (Å²) in [5.74, 6) is 0.161. The van der Waals surface area contributed by atoms with Crippen molar-refractivity contribution in [2.75, 3.05) is 18.8 Å². The highest BCUT2D eigenvalue weighted by Crippen LogP contribution is 2.36. The Kier molecular flexibility index (Phi) is 5.30. The van der Waals surface area contributed by atoms with Crippen molar-refractivity contribution >= 4 is 22.4 Å². The second kappa shape index (κ2) is 6.65. The summed E-state index contributed by atoms with van der Waals surface area (Å²) in [5.41, 5.74) is 2.81. The van der Waals surface area contributed by atoms with E-state index in [-0.39, 0.29) is 24.2 Å². The maximum absolute atomic E-state index is 11.7. The van der Waals surface area contributed by atoms with Crippen molar-refractivity contribution in [1.82, 2.24) is 9.62 Å². The number of hydrogen-bond donors (Lipinski definition) is 1. The van der Waals surface area contributed by atoms with Crippen molar-refractivity contribution in [2.24, 2.45) is 0 Å². The highest BCUT2D eigenvalue weighted by molar-refractivity contribution is 7.89. The molecule has 0 bridgehead atoms. The van der Waals surface area contributed by atoms with Crippen LogP contribution in [0.2, 0.25) is 0 Å². The van der Waals surface area contributed by atoms with Crippen molar-refractivity contribution in [3.8, 4) is 0 Å². The summed E-state index contributed by atoms with van der Waals surface area (Å²) in [6, 6.07) is 9.03. The van der Waals surface area contributed by atoms with Gasteiger partial charge in [0.05, 0.1) is 5.75 Å². The van der Waals surface area contributed by atoms with Crippen LogP contribution in [-0.4, -0.2) is 38.2 Å². The lowest BCUT2D eigenvalue weighted by molar-refractivity contribution is 0.122. The molecule has 0 unspecified atom stereocenters. The Labute approximate surface area is 133 Å². The molecule has 0 radical (unpaired) electrons. The number of piperidine rings is 1. The summed E-state index contributed by atoms with van der Waals surface area (Å²) < 4.78 is 26.4. The number of rotatable bonds is 3. The van der Waals surface area contributed by atoms with Gasteiger partial charge in [-0.05, 0) is 37.3 Å². The zero-order valence-corrected chi connectivity index (χ0v) is 13.9. The number of sulfonamides is 1. The number of fused-ring (bicyclic) bond motifs is 3. The SMILES string of the molecule is CCS(=O)(=O)N[C@@H]1CCN2CCc3ccccc3[C@@H]2C1.Cl. The van der Waals surface area contributed by atoms with Crippen molar-refractivity contribution < 1.29 is 8.42 Å². The fourth-order valence-electron chi connectivity index (χ4n) is 3.40. The van der Waals surface area contributed by atoms with Crippen molar-refractivity contribution in [1.29, 1.82) is 0 Å². The molecule has 1 saturated heterocycles. The average Bonchev–Trinajstić information content (AvgIpc) is 2.47. The molecule has 0 aromatic heterocycles. The van der Waals surface area contributed by atoms with E-state index in [1.807, 2.05) is 0 Å². The Morgan fingerprint density at radius 3 is 2.81 bits per heavy atom. The molecule has 118 valence electrons. The molecule has 4 nitrogen and oxygen atoms in total. The second-order valence-corrected chi connectivity index (χ2v) is 7.79. The van der Waals surface area contributed by atoms with Gasteiger partial charge >= 0.3 is 0 Å². The third kappa shape index (κ3) is 3.59. The van der Waals surface area contributed by atoms with Crippen LogP contribution in [0.15, 0.2) is 24.3 Å². The third-order valence-corrected chi connectivity index (χ3v) is 5.97. The van der Waals surface area contributed by atoms with Crippen LogP contribution in [0.25, 0.3) is 0 Å². The van der Waals surface area contributed by atoms with Gasteiger partial charge in [-0.15, -0.1) is 12.4 Å². The van der Waals surface area contributed by atoms with Gasteiger partial charge in [0, 0.05) is 25.2 Å². The topological polar surface area (TPSA) is 49.4 Å². The molecule has 0 spiro atoms. The monoisotopic (exact) mass is 330 g/mol. The number of benzene rings is 1. The first kappa shape index (κ1) is 16.7. The van der Waals surface area contributed by atoms with E-state index in [0.29, 0.717) is 6.04 Å². The lowest BCUT2D eigenvalue weighted by Crippen LogP contribution is -2.48. The van der Waals surface area contributed by atoms with Crippen molar-refractivity contribution in [3.05, 3.63) is 35.4 Å². The molecule has 2 aliphatic rings. The standard InChI is InChI=1S/C15H22N2O2S.ClH/c1-2-20(18,19)16-13-8-10-17-9-7-12-5-3-4-6-14(12)15(17)11-13;/h3-6,13,15-16H,2,7-11H2,1H3;1H/t13-,15+;/m1./s1. The van der Waals surface area contributed by atoms with Crippen LogP contribution < -0.4 is 4.72 Å². The van der Waals surface area contributed by atoms with Crippen LogP contribution in [0, 0.1) is 0 Å². The smallest absolute Gasteiger partial charge is 0.211 e. The molecule has 2 atom stereocenters. The predicted octanol–water partition coefficient (Wildman–Crippen LogP) is 2.11. The highest BCUT2D eigenvalue weighted by atomic mass is 35.5. The highest BCUT2D eigenvalue weighted by Gasteiger charge is 2.34. The van der Waals surface area contributed by atoms with Crippen LogP contribution in [-0.2, 0) is 16.4 Å². The molecule has 1 N–H and O–H groups in total. The Morgan fingerprint density at radius 2 is 2.05 bits per heavy atom. The molecule has 1 aromatic carbocycles. The molecule has 0 aliphatic carbocycles. The molecule has 6 heteroatoms. The molecule has 0 amide bonds. The lowest BCUT2D eigenvalue weighted by Gasteiger charge is -2.43. The zero-order valence-electron chi connectivity index (χ0n) is 12.3. The van der Waals surface area contributed by atoms with Crippen LogP contribution >= 0.6 is 12.4 Å². The summed E-state index contributed by atoms with van der Waals surface area (Å²) >= 11 is 0. The van der Waals surface area contributed by atoms with E-state index < -0.39 is 10.0 Å². The van der Waals surface area contributed by atoms with Gasteiger partial charge in [0.25, 0.3) is 0 Å². The molecule has 1 aromatic rings. The molecule has 3 rings (SSSR count). The van der Waals surface area contributed by atoms with Gasteiger partial charge in [0.15, 0.2) is 0 Å². The average molecular weight is 331 g/mol. The van der Waals surface area contributed by atoms with Gasteiger partial charge in [-0.25, -0.2) is 13.1 Å². The number of halogens is 1. The van der Waals surface area contributed by atoms with Crippen molar-refractivity contribution in [3.63, 3.8) is 0 Å². The van der Waals surface area contributed by atoms with Crippen LogP contribution in [0.4, 0.5) is 0 Å². The maximum atomic E-state index is 11.7. The third-order valence-electron chi connectivity index (χ3n) is 4.52. The van der Waals surface area contributed by atoms with Gasteiger partial charge in [0.2, 0.25) is 10.0 Å². The number of hydrogen-bond acceptors (Lipinski definition) is 3. The summed E-state index contributed by atoms with van der Waals surface area (Å²) in [5, 5.41) is 0. The minimum atomic E-state index is -3.10. The summed E-state index contributed by atoms with van der Waals surface area (Å²) in [6.07, 6.45) is 2.91. The van der Waals surface area contributed by atoms with E-state index >= 15 is 0 Å². The largest absolute Gasteiger partial charge is 0.296 e. The first-order valence-electron chi connectivity index (χ1n) is 7.41.